The van der Waals surface area contributed by atoms with Crippen LogP contribution in [0.2, 0.25) is 0 Å². The molecule has 14 heavy (non-hydrogen) atoms. The number of nitrogens with zero attached hydrogens (tertiary/aromatic N) is 1. The second-order valence-corrected chi connectivity index (χ2v) is 3.10. The van der Waals surface area contributed by atoms with Crippen molar-refractivity contribution in [3.63, 3.8) is 0 Å². The molecule has 88 valence electrons. The van der Waals surface area contributed by atoms with Crippen molar-refractivity contribution in [3.05, 3.63) is 0 Å². The van der Waals surface area contributed by atoms with Gasteiger partial charge in [-0.15, -0.1) is 0 Å². The van der Waals surface area contributed by atoms with Crippen molar-refractivity contribution in [1.29, 1.82) is 0 Å². The molecular weight excluding hydrogens is 174 g/mol. The fraction of sp³-hybridized carbons (Fsp3) is 1.00. The Labute approximate surface area is 90.6 Å². The van der Waals surface area contributed by atoms with E-state index in [2.05, 4.69) is 18.9 Å². The maximum absolute atomic E-state index is 5.27. The Bertz CT molecular complexity index is 106. The molecule has 0 N–H and O–H groups in total. The number of likely N-dealkylation sites (N-methyl/N-ethyl adjacent to an activating group) is 1. The summed E-state index contributed by atoms with van der Waals surface area (Å²) in [4.78, 5) is 2.38. The number of rotatable bonds is 2. The van der Waals surface area contributed by atoms with Crippen LogP contribution in [0.15, 0.2) is 0 Å². The summed E-state index contributed by atoms with van der Waals surface area (Å²) in [5.74, 6) is 0. The molecule has 0 aromatic heterocycles. The van der Waals surface area contributed by atoms with Gasteiger partial charge in [-0.2, -0.15) is 0 Å². The summed E-state index contributed by atoms with van der Waals surface area (Å²) in [5.41, 5.74) is 0. The van der Waals surface area contributed by atoms with Gasteiger partial charge in [-0.25, -0.2) is 0 Å². The van der Waals surface area contributed by atoms with Crippen LogP contribution >= 0.6 is 0 Å². The summed E-state index contributed by atoms with van der Waals surface area (Å²) in [5, 5.41) is 0. The van der Waals surface area contributed by atoms with Crippen molar-refractivity contribution >= 4 is 0 Å². The Morgan fingerprint density at radius 2 is 1.71 bits per heavy atom. The molecule has 1 heterocycles. The van der Waals surface area contributed by atoms with Crippen molar-refractivity contribution in [2.24, 2.45) is 0 Å². The normalized spacial score (nSPS) is 25.9. The third kappa shape index (κ3) is 5.61. The van der Waals surface area contributed by atoms with Crippen LogP contribution in [0.1, 0.15) is 47.5 Å². The first-order chi connectivity index (χ1) is 6.77. The van der Waals surface area contributed by atoms with Crippen molar-refractivity contribution in [1.82, 2.24) is 4.90 Å². The highest BCUT2D eigenvalue weighted by molar-refractivity contribution is 4.82. The first kappa shape index (κ1) is 16.4. The highest BCUT2D eigenvalue weighted by atomic mass is 16.5. The highest BCUT2D eigenvalue weighted by Crippen LogP contribution is 2.19. The summed E-state index contributed by atoms with van der Waals surface area (Å²) in [6.07, 6.45) is 2.94. The van der Waals surface area contributed by atoms with Gasteiger partial charge < -0.3 is 9.64 Å². The van der Waals surface area contributed by atoms with Crippen molar-refractivity contribution in [3.8, 4) is 0 Å². The summed E-state index contributed by atoms with van der Waals surface area (Å²) in [6, 6.07) is 0.755. The molecule has 1 rings (SSSR count). The van der Waals surface area contributed by atoms with Gasteiger partial charge in [0.15, 0.2) is 0 Å². The Hall–Kier alpha value is -0.0800. The van der Waals surface area contributed by atoms with Crippen LogP contribution in [-0.4, -0.2) is 37.7 Å². The highest BCUT2D eigenvalue weighted by Gasteiger charge is 2.27. The fourth-order valence-corrected chi connectivity index (χ4v) is 1.68. The predicted octanol–water partition coefficient (Wildman–Crippen LogP) is 3.17. The number of methoxy groups -OCH3 is 1. The van der Waals surface area contributed by atoms with Gasteiger partial charge in [0.25, 0.3) is 0 Å². The van der Waals surface area contributed by atoms with Gasteiger partial charge in [0.2, 0.25) is 0 Å². The lowest BCUT2D eigenvalue weighted by atomic mass is 10.1. The molecule has 1 aliphatic rings. The molecular formula is C12H29NO. The predicted molar refractivity (Wildman–Crippen MR) is 64.8 cm³/mol. The number of ether oxygens (including phenoxy) is 1. The minimum Gasteiger partial charge on any atom is -0.380 e. The zero-order valence-electron chi connectivity index (χ0n) is 11.1. The molecule has 0 spiro atoms. The quantitative estimate of drug-likeness (QED) is 0.683. The smallest absolute Gasteiger partial charge is 0.0713 e. The molecule has 1 saturated heterocycles. The van der Waals surface area contributed by atoms with Gasteiger partial charge >= 0.3 is 0 Å². The van der Waals surface area contributed by atoms with Crippen LogP contribution in [0.4, 0.5) is 0 Å². The average Bonchev–Trinajstić information content (AvgIpc) is 2.65. The van der Waals surface area contributed by atoms with E-state index in [-0.39, 0.29) is 0 Å². The standard InChI is InChI=1S/C8H17NO.2C2H6/c1-4-7-5-8(10-3)6-9(7)2;2*1-2/h7-8H,4-6H2,1-3H3;2*1-2H3. The van der Waals surface area contributed by atoms with Crippen molar-refractivity contribution < 1.29 is 4.74 Å². The van der Waals surface area contributed by atoms with Gasteiger partial charge in [0, 0.05) is 19.7 Å². The Kier molecular flexibility index (Phi) is 12.8. The third-order valence-corrected chi connectivity index (χ3v) is 2.45. The molecule has 0 aliphatic carbocycles. The number of hydrogen-bond acceptors (Lipinski definition) is 2. The van der Waals surface area contributed by atoms with E-state index in [0.717, 1.165) is 12.6 Å². The minimum absolute atomic E-state index is 0.481. The molecule has 1 fully saturated rings. The van der Waals surface area contributed by atoms with Crippen LogP contribution in [0.25, 0.3) is 0 Å². The lowest BCUT2D eigenvalue weighted by molar-refractivity contribution is 0.111. The Balaban J connectivity index is 0. The van der Waals surface area contributed by atoms with Crippen molar-refractivity contribution in [2.75, 3.05) is 20.7 Å². The molecule has 2 nitrogen and oxygen atoms in total. The second kappa shape index (κ2) is 11.0. The van der Waals surface area contributed by atoms with Crippen LogP contribution in [-0.2, 0) is 4.74 Å². The number of likely N-dealkylation sites (tertiary alicyclic amines) is 1. The van der Waals surface area contributed by atoms with E-state index in [9.17, 15) is 0 Å². The maximum Gasteiger partial charge on any atom is 0.0713 e. The molecule has 2 atom stereocenters. The monoisotopic (exact) mass is 203 g/mol. The second-order valence-electron chi connectivity index (χ2n) is 3.10. The van der Waals surface area contributed by atoms with E-state index in [0.29, 0.717) is 6.10 Å². The number of hydrogen-bond donors (Lipinski definition) is 0. The van der Waals surface area contributed by atoms with Crippen LogP contribution < -0.4 is 0 Å². The summed E-state index contributed by atoms with van der Waals surface area (Å²) >= 11 is 0. The summed E-state index contributed by atoms with van der Waals surface area (Å²) < 4.78 is 5.27. The maximum atomic E-state index is 5.27. The van der Waals surface area contributed by atoms with Gasteiger partial charge in [-0.05, 0) is 19.9 Å². The van der Waals surface area contributed by atoms with Gasteiger partial charge in [-0.3, -0.25) is 0 Å². The molecule has 2 heteroatoms. The van der Waals surface area contributed by atoms with E-state index in [4.69, 9.17) is 4.74 Å². The molecule has 0 bridgehead atoms. The third-order valence-electron chi connectivity index (χ3n) is 2.45. The Morgan fingerprint density at radius 3 is 1.93 bits per heavy atom. The largest absolute Gasteiger partial charge is 0.380 e. The molecule has 1 aliphatic heterocycles. The molecule has 0 aromatic rings. The first-order valence-corrected chi connectivity index (χ1v) is 6.01. The van der Waals surface area contributed by atoms with E-state index in [1.807, 2.05) is 27.7 Å². The lowest BCUT2D eigenvalue weighted by Gasteiger charge is -2.15. The molecule has 2 unspecified atom stereocenters. The topological polar surface area (TPSA) is 12.5 Å². The Morgan fingerprint density at radius 1 is 1.21 bits per heavy atom. The molecule has 0 amide bonds. The zero-order chi connectivity index (χ0) is 11.6. The fourth-order valence-electron chi connectivity index (χ4n) is 1.68. The molecule has 0 radical (unpaired) electrons. The first-order valence-electron chi connectivity index (χ1n) is 6.01. The van der Waals surface area contributed by atoms with Crippen LogP contribution in [0.3, 0.4) is 0 Å². The van der Waals surface area contributed by atoms with Gasteiger partial charge in [0.1, 0.15) is 0 Å². The van der Waals surface area contributed by atoms with Gasteiger partial charge in [-0.1, -0.05) is 34.6 Å². The van der Waals surface area contributed by atoms with Crippen LogP contribution in [0, 0.1) is 0 Å². The lowest BCUT2D eigenvalue weighted by Crippen LogP contribution is -2.24. The summed E-state index contributed by atoms with van der Waals surface area (Å²) in [6.45, 7) is 11.3. The zero-order valence-corrected chi connectivity index (χ0v) is 11.1. The molecule has 0 saturated carbocycles. The minimum atomic E-state index is 0.481. The van der Waals surface area contributed by atoms with E-state index in [1.54, 1.807) is 7.11 Å². The van der Waals surface area contributed by atoms with E-state index in [1.165, 1.54) is 12.8 Å². The summed E-state index contributed by atoms with van der Waals surface area (Å²) in [7, 11) is 3.98. The van der Waals surface area contributed by atoms with Crippen molar-refractivity contribution in [2.45, 2.75) is 59.6 Å². The SMILES string of the molecule is CC.CC.CCC1CC(OC)CN1C. The van der Waals surface area contributed by atoms with E-state index < -0.39 is 0 Å². The van der Waals surface area contributed by atoms with Gasteiger partial charge in [0.05, 0.1) is 6.10 Å². The van der Waals surface area contributed by atoms with Crippen LogP contribution in [0.5, 0.6) is 0 Å². The molecule has 0 aromatic carbocycles. The van der Waals surface area contributed by atoms with E-state index >= 15 is 0 Å². The average molecular weight is 203 g/mol.